The van der Waals surface area contributed by atoms with Crippen LogP contribution < -0.4 is 10.0 Å². The third kappa shape index (κ3) is 5.86. The standard InChI is InChI=1S/C25H23N3O4S2/c1-17-8-14-22(15-9-17)34(30,31)28-20-10-12-21(13-11-20)33-24(19-6-4-3-5-7-19)25(29)26-23-16-18(2)32-27-23/h3-16,24,28H,1-2H3,(H,26,27,29). The van der Waals surface area contributed by atoms with Crippen molar-refractivity contribution in [3.8, 4) is 0 Å². The quantitative estimate of drug-likeness (QED) is 0.312. The number of nitrogens with one attached hydrogen (secondary N) is 2. The van der Waals surface area contributed by atoms with Crippen LogP contribution in [0.15, 0.2) is 99.2 Å². The lowest BCUT2D eigenvalue weighted by atomic mass is 10.1. The highest BCUT2D eigenvalue weighted by atomic mass is 32.2. The molecule has 1 unspecified atom stereocenters. The summed E-state index contributed by atoms with van der Waals surface area (Å²) in [6.07, 6.45) is 0. The number of nitrogens with zero attached hydrogens (tertiary/aromatic N) is 1. The lowest BCUT2D eigenvalue weighted by molar-refractivity contribution is -0.115. The molecule has 1 heterocycles. The van der Waals surface area contributed by atoms with Crippen LogP contribution in [-0.2, 0) is 14.8 Å². The van der Waals surface area contributed by atoms with Crippen molar-refractivity contribution in [1.29, 1.82) is 0 Å². The first-order chi connectivity index (χ1) is 16.3. The van der Waals surface area contributed by atoms with Crippen LogP contribution in [0.1, 0.15) is 22.1 Å². The molecule has 0 aliphatic rings. The molecule has 174 valence electrons. The van der Waals surface area contributed by atoms with Gasteiger partial charge < -0.3 is 9.84 Å². The second kappa shape index (κ2) is 10.1. The van der Waals surface area contributed by atoms with Crippen molar-refractivity contribution in [1.82, 2.24) is 5.16 Å². The summed E-state index contributed by atoms with van der Waals surface area (Å²) in [7, 11) is -3.69. The number of carbonyl (C=O) groups is 1. The fourth-order valence-electron chi connectivity index (χ4n) is 3.19. The molecule has 0 bridgehead atoms. The molecule has 0 fully saturated rings. The number of amides is 1. The third-order valence-electron chi connectivity index (χ3n) is 4.91. The Morgan fingerprint density at radius 3 is 2.24 bits per heavy atom. The SMILES string of the molecule is Cc1ccc(S(=O)(=O)Nc2ccc(SC(C(=O)Nc3cc(C)on3)c3ccccc3)cc2)cc1. The highest BCUT2D eigenvalue weighted by Gasteiger charge is 2.23. The van der Waals surface area contributed by atoms with Crippen molar-refractivity contribution in [3.05, 3.63) is 102 Å². The number of anilines is 2. The highest BCUT2D eigenvalue weighted by molar-refractivity contribution is 8.00. The van der Waals surface area contributed by atoms with Crippen LogP contribution in [0.3, 0.4) is 0 Å². The Morgan fingerprint density at radius 2 is 1.62 bits per heavy atom. The second-order valence-corrected chi connectivity index (χ2v) is 10.5. The monoisotopic (exact) mass is 493 g/mol. The van der Waals surface area contributed by atoms with Gasteiger partial charge in [0.05, 0.1) is 4.90 Å². The number of aryl methyl sites for hydroxylation is 2. The van der Waals surface area contributed by atoms with Crippen LogP contribution in [0.2, 0.25) is 0 Å². The van der Waals surface area contributed by atoms with Gasteiger partial charge in [0, 0.05) is 16.6 Å². The van der Waals surface area contributed by atoms with Crippen molar-refractivity contribution in [2.75, 3.05) is 10.0 Å². The zero-order chi connectivity index (χ0) is 24.1. The fraction of sp³-hybridized carbons (Fsp3) is 0.120. The average Bonchev–Trinajstić information content (AvgIpc) is 3.23. The summed E-state index contributed by atoms with van der Waals surface area (Å²) in [6, 6.07) is 24.6. The predicted molar refractivity (Wildman–Crippen MR) is 133 cm³/mol. The van der Waals surface area contributed by atoms with Crippen molar-refractivity contribution in [2.24, 2.45) is 0 Å². The molecular weight excluding hydrogens is 470 g/mol. The summed E-state index contributed by atoms with van der Waals surface area (Å²) < 4.78 is 32.9. The predicted octanol–water partition coefficient (Wildman–Crippen LogP) is 5.56. The Morgan fingerprint density at radius 1 is 0.941 bits per heavy atom. The lowest BCUT2D eigenvalue weighted by Crippen LogP contribution is -2.19. The van der Waals surface area contributed by atoms with Crippen LogP contribution in [0, 0.1) is 13.8 Å². The van der Waals surface area contributed by atoms with Crippen LogP contribution in [0.4, 0.5) is 11.5 Å². The number of benzene rings is 3. The fourth-order valence-corrected chi connectivity index (χ4v) is 5.27. The second-order valence-electron chi connectivity index (χ2n) is 7.66. The van der Waals surface area contributed by atoms with E-state index in [-0.39, 0.29) is 10.8 Å². The molecule has 1 aromatic heterocycles. The van der Waals surface area contributed by atoms with Gasteiger partial charge in [0.2, 0.25) is 5.91 Å². The van der Waals surface area contributed by atoms with Gasteiger partial charge >= 0.3 is 0 Å². The summed E-state index contributed by atoms with van der Waals surface area (Å²) >= 11 is 1.35. The number of aromatic nitrogens is 1. The Balaban J connectivity index is 1.50. The van der Waals surface area contributed by atoms with E-state index in [1.54, 1.807) is 61.5 Å². The van der Waals surface area contributed by atoms with E-state index >= 15 is 0 Å². The third-order valence-corrected chi connectivity index (χ3v) is 7.57. The molecule has 0 saturated carbocycles. The smallest absolute Gasteiger partial charge is 0.261 e. The maximum Gasteiger partial charge on any atom is 0.261 e. The molecule has 0 aliphatic heterocycles. The number of hydrogen-bond donors (Lipinski definition) is 2. The Bertz CT molecular complexity index is 1370. The minimum Gasteiger partial charge on any atom is -0.360 e. The molecule has 9 heteroatoms. The van der Waals surface area contributed by atoms with E-state index < -0.39 is 15.3 Å². The van der Waals surface area contributed by atoms with Crippen molar-refractivity contribution < 1.29 is 17.7 Å². The Labute approximate surface area is 202 Å². The molecular formula is C25H23N3O4S2. The van der Waals surface area contributed by atoms with Crippen molar-refractivity contribution in [2.45, 2.75) is 28.9 Å². The van der Waals surface area contributed by atoms with E-state index in [9.17, 15) is 13.2 Å². The molecule has 1 amide bonds. The molecule has 4 aromatic rings. The van der Waals surface area contributed by atoms with Gasteiger partial charge in [-0.1, -0.05) is 53.2 Å². The zero-order valence-corrected chi connectivity index (χ0v) is 20.2. The van der Waals surface area contributed by atoms with E-state index in [1.165, 1.54) is 11.8 Å². The van der Waals surface area contributed by atoms with Crippen LogP contribution in [-0.4, -0.2) is 19.5 Å². The molecule has 4 rings (SSSR count). The molecule has 0 spiro atoms. The topological polar surface area (TPSA) is 101 Å². The minimum atomic E-state index is -3.69. The summed E-state index contributed by atoms with van der Waals surface area (Å²) in [5.41, 5.74) is 2.24. The largest absolute Gasteiger partial charge is 0.360 e. The van der Waals surface area contributed by atoms with E-state index in [0.717, 1.165) is 16.0 Å². The number of carbonyl (C=O) groups excluding carboxylic acids is 1. The van der Waals surface area contributed by atoms with Crippen LogP contribution in [0.5, 0.6) is 0 Å². The summed E-state index contributed by atoms with van der Waals surface area (Å²) in [6.45, 7) is 3.65. The first-order valence-electron chi connectivity index (χ1n) is 10.5. The molecule has 0 aliphatic carbocycles. The molecule has 2 N–H and O–H groups in total. The molecule has 34 heavy (non-hydrogen) atoms. The summed E-state index contributed by atoms with van der Waals surface area (Å²) in [4.78, 5) is 14.1. The van der Waals surface area contributed by atoms with Gasteiger partial charge in [0.15, 0.2) is 5.82 Å². The van der Waals surface area contributed by atoms with Gasteiger partial charge in [0.1, 0.15) is 11.0 Å². The molecule has 0 saturated heterocycles. The van der Waals surface area contributed by atoms with Gasteiger partial charge in [0.25, 0.3) is 10.0 Å². The van der Waals surface area contributed by atoms with Crippen molar-refractivity contribution in [3.63, 3.8) is 0 Å². The van der Waals surface area contributed by atoms with Crippen LogP contribution in [0.25, 0.3) is 0 Å². The molecule has 0 radical (unpaired) electrons. The van der Waals surface area contributed by atoms with E-state index in [2.05, 4.69) is 15.2 Å². The number of sulfonamides is 1. The Hall–Kier alpha value is -3.56. The van der Waals surface area contributed by atoms with Gasteiger partial charge in [-0.25, -0.2) is 8.42 Å². The maximum atomic E-state index is 13.1. The normalized spacial score (nSPS) is 12.2. The molecule has 7 nitrogen and oxygen atoms in total. The average molecular weight is 494 g/mol. The zero-order valence-electron chi connectivity index (χ0n) is 18.6. The molecule has 1 atom stereocenters. The van der Waals surface area contributed by atoms with Crippen molar-refractivity contribution >= 4 is 39.2 Å². The van der Waals surface area contributed by atoms with E-state index in [0.29, 0.717) is 17.3 Å². The van der Waals surface area contributed by atoms with Gasteiger partial charge in [-0.3, -0.25) is 9.52 Å². The maximum absolute atomic E-state index is 13.1. The first kappa shape index (κ1) is 23.6. The minimum absolute atomic E-state index is 0.195. The summed E-state index contributed by atoms with van der Waals surface area (Å²) in [5, 5.41) is 6.07. The first-order valence-corrected chi connectivity index (χ1v) is 12.8. The number of thioether (sulfide) groups is 1. The number of rotatable bonds is 8. The summed E-state index contributed by atoms with van der Waals surface area (Å²) in [5.74, 6) is 0.710. The number of hydrogen-bond acceptors (Lipinski definition) is 6. The van der Waals surface area contributed by atoms with E-state index in [1.807, 2.05) is 37.3 Å². The van der Waals surface area contributed by atoms with Crippen LogP contribution >= 0.6 is 11.8 Å². The lowest BCUT2D eigenvalue weighted by Gasteiger charge is -2.16. The molecule has 3 aromatic carbocycles. The van der Waals surface area contributed by atoms with E-state index in [4.69, 9.17) is 4.52 Å². The highest BCUT2D eigenvalue weighted by Crippen LogP contribution is 2.36. The van der Waals surface area contributed by atoms with Gasteiger partial charge in [-0.15, -0.1) is 11.8 Å². The van der Waals surface area contributed by atoms with Gasteiger partial charge in [-0.05, 0) is 55.8 Å². The van der Waals surface area contributed by atoms with Gasteiger partial charge in [-0.2, -0.15) is 0 Å². The Kier molecular flexibility index (Phi) is 7.04.